The van der Waals surface area contributed by atoms with E-state index < -0.39 is 43.0 Å². The Morgan fingerprint density at radius 1 is 0.443 bits per heavy atom. The Morgan fingerprint density at radius 3 is 1.68 bits per heavy atom. The second-order valence-corrected chi connectivity index (χ2v) is 24.8. The maximum atomic E-state index is 10.5. The molecule has 386 valence electrons. The SMILES string of the molecule is [2H]c1c([2H])c([2H])c(-c2c([2H])c([2H])c3sc4c(c3c2[2H])N(c2ccc(C(C)(C)C)cc2)c2c([2H])c([2H])c([2H])c3c2B4c2ccc(N(c4ccc(C(C)(C)C)cc4)c4ccccc4-c4ccccc4)cc2N3c2ccc(C(C)(C)C)cc2-c2ccccc2)c([2H])c1[2H]. The maximum Gasteiger partial charge on any atom is 0.264 e. The molecule has 5 heteroatoms. The molecule has 11 aromatic rings. The average molecular weight is 1050 g/mol. The van der Waals surface area contributed by atoms with Crippen LogP contribution in [-0.4, -0.2) is 6.71 Å². The van der Waals surface area contributed by atoms with Crippen LogP contribution in [0.25, 0.3) is 43.5 Å². The molecular formula is C74H66BN3S. The summed E-state index contributed by atoms with van der Waals surface area (Å²) >= 11 is 1.24. The van der Waals surface area contributed by atoms with Gasteiger partial charge in [0.2, 0.25) is 0 Å². The van der Waals surface area contributed by atoms with E-state index in [-0.39, 0.29) is 67.7 Å². The molecule has 0 aliphatic carbocycles. The maximum absolute atomic E-state index is 10.5. The first kappa shape index (κ1) is 39.1. The molecule has 0 bridgehead atoms. The molecule has 3 heterocycles. The molecule has 2 aliphatic heterocycles. The minimum atomic E-state index is -0.816. The van der Waals surface area contributed by atoms with E-state index in [1.807, 2.05) is 77.7 Å². The van der Waals surface area contributed by atoms with Crippen LogP contribution in [0.15, 0.2) is 236 Å². The lowest BCUT2D eigenvalue weighted by atomic mass is 9.36. The predicted octanol–water partition coefficient (Wildman–Crippen LogP) is 19.3. The van der Waals surface area contributed by atoms with E-state index in [1.54, 1.807) is 0 Å². The van der Waals surface area contributed by atoms with Crippen LogP contribution in [0.3, 0.4) is 0 Å². The summed E-state index contributed by atoms with van der Waals surface area (Å²) in [5.74, 6) is 0. The highest BCUT2D eigenvalue weighted by Crippen LogP contribution is 2.52. The Bertz CT molecular complexity index is 4710. The average Bonchev–Trinajstić information content (AvgIpc) is 1.27. The van der Waals surface area contributed by atoms with Crippen molar-refractivity contribution in [1.29, 1.82) is 0 Å². The van der Waals surface area contributed by atoms with Crippen LogP contribution in [0.1, 0.15) is 94.1 Å². The molecule has 13 rings (SSSR count). The number of rotatable bonds is 8. The van der Waals surface area contributed by atoms with Gasteiger partial charge in [-0.1, -0.05) is 220 Å². The molecule has 0 saturated heterocycles. The fraction of sp³-hybridized carbons (Fsp3) is 0.162. The molecule has 79 heavy (non-hydrogen) atoms. The Labute approximate surface area is 487 Å². The lowest BCUT2D eigenvalue weighted by molar-refractivity contribution is 0.590. The first-order valence-electron chi connectivity index (χ1n) is 32.6. The molecule has 10 aromatic carbocycles. The van der Waals surface area contributed by atoms with Crippen LogP contribution < -0.4 is 30.4 Å². The molecule has 3 nitrogen and oxygen atoms in total. The van der Waals surface area contributed by atoms with Crippen molar-refractivity contribution in [3.63, 3.8) is 0 Å². The third-order valence-electron chi connectivity index (χ3n) is 15.5. The Hall–Kier alpha value is -8.38. The molecule has 2 aliphatic rings. The molecule has 0 saturated carbocycles. The molecule has 0 radical (unpaired) electrons. The van der Waals surface area contributed by atoms with Gasteiger partial charge in [0.25, 0.3) is 6.71 Å². The summed E-state index contributed by atoms with van der Waals surface area (Å²) in [4.78, 5) is 6.27. The second kappa shape index (κ2) is 19.2. The highest BCUT2D eigenvalue weighted by molar-refractivity contribution is 7.33. The largest absolute Gasteiger partial charge is 0.311 e. The summed E-state index contributed by atoms with van der Waals surface area (Å²) in [5, 5.41) is 0.193. The minimum Gasteiger partial charge on any atom is -0.311 e. The van der Waals surface area contributed by atoms with Crippen molar-refractivity contribution in [3.8, 4) is 33.4 Å². The van der Waals surface area contributed by atoms with Crippen LogP contribution >= 0.6 is 11.3 Å². The van der Waals surface area contributed by atoms with Gasteiger partial charge in [-0.2, -0.15) is 0 Å². The van der Waals surface area contributed by atoms with Gasteiger partial charge in [0, 0.05) is 60.1 Å². The Kier molecular flexibility index (Phi) is 9.50. The molecule has 0 fully saturated rings. The van der Waals surface area contributed by atoms with Crippen LogP contribution in [0.4, 0.5) is 51.2 Å². The van der Waals surface area contributed by atoms with Crippen LogP contribution in [0.5, 0.6) is 0 Å². The van der Waals surface area contributed by atoms with Crippen molar-refractivity contribution in [2.45, 2.75) is 78.6 Å². The van der Waals surface area contributed by atoms with Gasteiger partial charge in [0.05, 0.1) is 32.1 Å². The van der Waals surface area contributed by atoms with Crippen molar-refractivity contribution in [1.82, 2.24) is 0 Å². The number of para-hydroxylation sites is 1. The van der Waals surface area contributed by atoms with E-state index in [0.717, 1.165) is 61.6 Å². The van der Waals surface area contributed by atoms with Crippen LogP contribution in [0.2, 0.25) is 0 Å². The van der Waals surface area contributed by atoms with Crippen molar-refractivity contribution >= 4 is 95.0 Å². The zero-order chi connectivity index (χ0) is 63.9. The Balaban J connectivity index is 1.19. The van der Waals surface area contributed by atoms with Crippen molar-refractivity contribution in [2.75, 3.05) is 14.7 Å². The highest BCUT2D eigenvalue weighted by Gasteiger charge is 2.46. The third-order valence-corrected chi connectivity index (χ3v) is 16.7. The Morgan fingerprint density at radius 2 is 1.03 bits per heavy atom. The van der Waals surface area contributed by atoms with E-state index in [4.69, 9.17) is 6.85 Å². The zero-order valence-electron chi connectivity index (χ0n) is 57.0. The normalized spacial score (nSPS) is 15.0. The van der Waals surface area contributed by atoms with Gasteiger partial charge in [-0.05, 0) is 145 Å². The zero-order valence-corrected chi connectivity index (χ0v) is 46.8. The topological polar surface area (TPSA) is 9.72 Å². The van der Waals surface area contributed by atoms with Gasteiger partial charge in [-0.25, -0.2) is 0 Å². The summed E-state index contributed by atoms with van der Waals surface area (Å²) < 4.78 is 106. The van der Waals surface area contributed by atoms with E-state index in [0.29, 0.717) is 38.7 Å². The number of benzene rings is 10. The monoisotopic (exact) mass is 1050 g/mol. The van der Waals surface area contributed by atoms with E-state index in [1.165, 1.54) is 16.9 Å². The summed E-state index contributed by atoms with van der Waals surface area (Å²) in [5.41, 5.74) is 12.8. The highest BCUT2D eigenvalue weighted by atomic mass is 32.1. The molecule has 0 spiro atoms. The van der Waals surface area contributed by atoms with E-state index >= 15 is 0 Å². The third kappa shape index (κ3) is 8.85. The number of fused-ring (bicyclic) bond motifs is 6. The van der Waals surface area contributed by atoms with Crippen molar-refractivity contribution in [2.24, 2.45) is 0 Å². The fourth-order valence-corrected chi connectivity index (χ4v) is 12.6. The first-order valence-corrected chi connectivity index (χ1v) is 27.9. The summed E-state index contributed by atoms with van der Waals surface area (Å²) in [6, 6.07) is 53.4. The smallest absolute Gasteiger partial charge is 0.264 e. The quantitative estimate of drug-likeness (QED) is 0.140. The standard InChI is InChI=1S/C74H66BN3S/c1-72(2,3)53-33-38-56(39-34-53)76(63-29-20-19-28-59(63)50-24-15-11-16-25-50)58-42-43-62-67(48-58)78(64-44-37-55(74(7,8)9)47-60(64)51-26-17-12-18-27-51)66-31-21-30-65-69(66)75(62)71-70(77(65)57-40-35-54(36-41-57)73(4,5)6)61-46-52(32-45-68(61)79-71)49-22-13-10-14-23-49/h10-48H,1-9H3/i10D,13D,14D,21D,22D,23D,30D,31D,32D,45D,46D. The summed E-state index contributed by atoms with van der Waals surface area (Å²) in [6.45, 7) is 18.7. The van der Waals surface area contributed by atoms with Gasteiger partial charge in [-0.15, -0.1) is 11.3 Å². The number of thiophene rings is 1. The number of nitrogens with zero attached hydrogens (tertiary/aromatic N) is 3. The minimum absolute atomic E-state index is 0.130. The second-order valence-electron chi connectivity index (χ2n) is 23.8. The van der Waals surface area contributed by atoms with Gasteiger partial charge in [-0.3, -0.25) is 0 Å². The fourth-order valence-electron chi connectivity index (χ4n) is 11.4. The first-order chi connectivity index (χ1) is 42.7. The molecule has 0 N–H and O–H groups in total. The lowest BCUT2D eigenvalue weighted by Gasteiger charge is -2.44. The van der Waals surface area contributed by atoms with Crippen LogP contribution in [-0.2, 0) is 16.2 Å². The molecule has 0 atom stereocenters. The number of anilines is 9. The molecule has 0 amide bonds. The number of hydrogen-bond acceptors (Lipinski definition) is 4. The van der Waals surface area contributed by atoms with Crippen molar-refractivity contribution < 1.29 is 15.1 Å². The van der Waals surface area contributed by atoms with Crippen LogP contribution in [0, 0.1) is 0 Å². The van der Waals surface area contributed by atoms with E-state index in [2.05, 4.69) is 169 Å². The molecule has 0 unspecified atom stereocenters. The van der Waals surface area contributed by atoms with Gasteiger partial charge < -0.3 is 14.7 Å². The van der Waals surface area contributed by atoms with E-state index in [9.17, 15) is 8.22 Å². The summed E-state index contributed by atoms with van der Waals surface area (Å²) in [6.07, 6.45) is 0. The predicted molar refractivity (Wildman–Crippen MR) is 343 cm³/mol. The lowest BCUT2D eigenvalue weighted by Crippen LogP contribution is -2.60. The van der Waals surface area contributed by atoms with Gasteiger partial charge in [0.1, 0.15) is 0 Å². The summed E-state index contributed by atoms with van der Waals surface area (Å²) in [7, 11) is 0. The van der Waals surface area contributed by atoms with Gasteiger partial charge in [0.15, 0.2) is 0 Å². The number of hydrogen-bond donors (Lipinski definition) is 0. The molecular weight excluding hydrogens is 974 g/mol. The van der Waals surface area contributed by atoms with Gasteiger partial charge >= 0.3 is 0 Å². The molecule has 1 aromatic heterocycles. The van der Waals surface area contributed by atoms with Crippen molar-refractivity contribution in [3.05, 3.63) is 253 Å².